The molecule has 0 aliphatic rings. The van der Waals surface area contributed by atoms with Gasteiger partial charge in [0.25, 0.3) is 5.56 Å². The van der Waals surface area contributed by atoms with Crippen LogP contribution in [0.15, 0.2) is 23.1 Å². The second kappa shape index (κ2) is 5.75. The Morgan fingerprint density at radius 2 is 2.38 bits per heavy atom. The van der Waals surface area contributed by atoms with Crippen LogP contribution in [0.5, 0.6) is 0 Å². The molecule has 0 atom stereocenters. The van der Waals surface area contributed by atoms with E-state index in [0.717, 1.165) is 12.0 Å². The maximum Gasteiger partial charge on any atom is 0.271 e. The number of pyridine rings is 1. The lowest BCUT2D eigenvalue weighted by Crippen LogP contribution is -2.20. The van der Waals surface area contributed by atoms with Crippen LogP contribution >= 0.6 is 0 Å². The second-order valence-electron chi connectivity index (χ2n) is 3.39. The van der Waals surface area contributed by atoms with Crippen molar-refractivity contribution in [1.29, 1.82) is 0 Å². The summed E-state index contributed by atoms with van der Waals surface area (Å²) in [5, 5.41) is 2.68. The fourth-order valence-electron chi connectivity index (χ4n) is 1.17. The summed E-state index contributed by atoms with van der Waals surface area (Å²) in [5.41, 5.74) is 6.21. The van der Waals surface area contributed by atoms with Crippen LogP contribution in [-0.2, 0) is 4.79 Å². The Balaban J connectivity index is 2.47. The summed E-state index contributed by atoms with van der Waals surface area (Å²) in [6.45, 7) is 2.08. The normalized spacial score (nSPS) is 10.6. The summed E-state index contributed by atoms with van der Waals surface area (Å²) >= 11 is 0. The number of nitrogens with two attached hydrogens (primary N) is 1. The Morgan fingerprint density at radius 3 is 3.00 bits per heavy atom. The average Bonchev–Trinajstić information content (AvgIpc) is 2.22. The van der Waals surface area contributed by atoms with E-state index in [2.05, 4.69) is 10.3 Å². The molecule has 1 aromatic rings. The van der Waals surface area contributed by atoms with Crippen molar-refractivity contribution >= 4 is 17.7 Å². The number of amides is 1. The van der Waals surface area contributed by atoms with E-state index in [1.807, 2.05) is 12.2 Å². The van der Waals surface area contributed by atoms with Crippen LogP contribution in [0.25, 0.3) is 6.08 Å². The first-order chi connectivity index (χ1) is 7.59. The Morgan fingerprint density at radius 1 is 1.62 bits per heavy atom. The van der Waals surface area contributed by atoms with Gasteiger partial charge in [0.1, 0.15) is 0 Å². The lowest BCUT2D eigenvalue weighted by Gasteiger charge is -1.97. The van der Waals surface area contributed by atoms with E-state index in [0.29, 0.717) is 6.54 Å². The monoisotopic (exact) mass is 221 g/mol. The highest BCUT2D eigenvalue weighted by molar-refractivity contribution is 5.72. The van der Waals surface area contributed by atoms with Crippen LogP contribution in [0.3, 0.4) is 0 Å². The molecule has 16 heavy (non-hydrogen) atoms. The molecule has 0 bridgehead atoms. The third kappa shape index (κ3) is 4.00. The predicted molar refractivity (Wildman–Crippen MR) is 63.8 cm³/mol. The first kappa shape index (κ1) is 12.0. The number of nitrogens with one attached hydrogen (secondary N) is 2. The molecular formula is C11H15N3O2. The first-order valence-electron chi connectivity index (χ1n) is 4.99. The number of carbonyl (C=O) groups is 1. The van der Waals surface area contributed by atoms with Crippen molar-refractivity contribution in [3.05, 3.63) is 34.3 Å². The zero-order chi connectivity index (χ0) is 12.0. The molecule has 0 unspecified atom stereocenters. The highest BCUT2D eigenvalue weighted by Crippen LogP contribution is 2.02. The van der Waals surface area contributed by atoms with Gasteiger partial charge in [0, 0.05) is 19.7 Å². The number of aromatic nitrogens is 1. The summed E-state index contributed by atoms with van der Waals surface area (Å²) in [4.78, 5) is 24.1. The first-order valence-corrected chi connectivity index (χ1v) is 4.99. The lowest BCUT2D eigenvalue weighted by molar-refractivity contribution is -0.118. The SMILES string of the molecule is CC(=O)NCCC=Cc1c[nH]c(=O)c(N)c1. The molecule has 0 fully saturated rings. The van der Waals surface area contributed by atoms with Crippen molar-refractivity contribution in [2.24, 2.45) is 0 Å². The van der Waals surface area contributed by atoms with Crippen molar-refractivity contribution in [3.8, 4) is 0 Å². The minimum absolute atomic E-state index is 0.0401. The van der Waals surface area contributed by atoms with Crippen LogP contribution in [0, 0.1) is 0 Å². The van der Waals surface area contributed by atoms with E-state index in [9.17, 15) is 9.59 Å². The van der Waals surface area contributed by atoms with Crippen LogP contribution in [-0.4, -0.2) is 17.4 Å². The molecule has 5 heteroatoms. The Bertz CT molecular complexity index is 449. The quantitative estimate of drug-likeness (QED) is 0.647. The fraction of sp³-hybridized carbons (Fsp3) is 0.273. The summed E-state index contributed by atoms with van der Waals surface area (Å²) in [6.07, 6.45) is 6.07. The number of carbonyl (C=O) groups excluding carboxylic acids is 1. The number of hydrogen-bond acceptors (Lipinski definition) is 3. The molecule has 0 saturated heterocycles. The van der Waals surface area contributed by atoms with Crippen molar-refractivity contribution < 1.29 is 4.79 Å². The number of H-pyrrole nitrogens is 1. The topological polar surface area (TPSA) is 88.0 Å². The molecule has 0 aromatic carbocycles. The van der Waals surface area contributed by atoms with Crippen molar-refractivity contribution in [2.75, 3.05) is 12.3 Å². The molecule has 0 aliphatic heterocycles. The van der Waals surface area contributed by atoms with Crippen LogP contribution in [0.2, 0.25) is 0 Å². The van der Waals surface area contributed by atoms with Crippen molar-refractivity contribution in [3.63, 3.8) is 0 Å². The number of anilines is 1. The molecule has 1 amide bonds. The fourth-order valence-corrected chi connectivity index (χ4v) is 1.17. The van der Waals surface area contributed by atoms with E-state index in [-0.39, 0.29) is 17.2 Å². The zero-order valence-corrected chi connectivity index (χ0v) is 9.12. The second-order valence-corrected chi connectivity index (χ2v) is 3.39. The van der Waals surface area contributed by atoms with Gasteiger partial charge in [0.05, 0.1) is 5.69 Å². The standard InChI is InChI=1S/C11H15N3O2/c1-8(15)13-5-3-2-4-9-6-10(12)11(16)14-7-9/h2,4,6-7H,3,5,12H2,1H3,(H,13,15)(H,14,16). The third-order valence-corrected chi connectivity index (χ3v) is 1.95. The number of aromatic amines is 1. The van der Waals surface area contributed by atoms with Gasteiger partial charge in [-0.3, -0.25) is 9.59 Å². The number of rotatable bonds is 4. The highest BCUT2D eigenvalue weighted by atomic mass is 16.1. The van der Waals surface area contributed by atoms with Crippen LogP contribution in [0.4, 0.5) is 5.69 Å². The van der Waals surface area contributed by atoms with Gasteiger partial charge in [-0.2, -0.15) is 0 Å². The maximum atomic E-state index is 11.0. The summed E-state index contributed by atoms with van der Waals surface area (Å²) in [7, 11) is 0. The molecule has 0 spiro atoms. The lowest BCUT2D eigenvalue weighted by atomic mass is 10.2. The van der Waals surface area contributed by atoms with Gasteiger partial charge in [0.15, 0.2) is 0 Å². The largest absolute Gasteiger partial charge is 0.394 e. The van der Waals surface area contributed by atoms with E-state index >= 15 is 0 Å². The van der Waals surface area contributed by atoms with E-state index < -0.39 is 0 Å². The molecule has 86 valence electrons. The van der Waals surface area contributed by atoms with E-state index in [1.165, 1.54) is 6.92 Å². The Kier molecular flexibility index (Phi) is 4.32. The number of hydrogen-bond donors (Lipinski definition) is 3. The summed E-state index contributed by atoms with van der Waals surface area (Å²) in [5.74, 6) is -0.0401. The minimum atomic E-state index is -0.282. The van der Waals surface area contributed by atoms with Gasteiger partial charge in [0.2, 0.25) is 5.91 Å². The summed E-state index contributed by atoms with van der Waals surface area (Å²) < 4.78 is 0. The van der Waals surface area contributed by atoms with Gasteiger partial charge in [-0.05, 0) is 18.1 Å². The zero-order valence-electron chi connectivity index (χ0n) is 9.12. The van der Waals surface area contributed by atoms with Gasteiger partial charge in [-0.25, -0.2) is 0 Å². The summed E-state index contributed by atoms with van der Waals surface area (Å²) in [6, 6.07) is 1.60. The smallest absolute Gasteiger partial charge is 0.271 e. The van der Waals surface area contributed by atoms with Crippen molar-refractivity contribution in [1.82, 2.24) is 10.3 Å². The van der Waals surface area contributed by atoms with Crippen LogP contribution in [0.1, 0.15) is 18.9 Å². The molecule has 4 N–H and O–H groups in total. The van der Waals surface area contributed by atoms with Gasteiger partial charge >= 0.3 is 0 Å². The van der Waals surface area contributed by atoms with E-state index in [4.69, 9.17) is 5.73 Å². The van der Waals surface area contributed by atoms with E-state index in [1.54, 1.807) is 12.3 Å². The minimum Gasteiger partial charge on any atom is -0.394 e. The number of nitrogen functional groups attached to an aromatic ring is 1. The Labute approximate surface area is 93.4 Å². The van der Waals surface area contributed by atoms with Gasteiger partial charge in [-0.15, -0.1) is 0 Å². The molecule has 1 rings (SSSR count). The van der Waals surface area contributed by atoms with Crippen LogP contribution < -0.4 is 16.6 Å². The molecule has 0 aliphatic carbocycles. The van der Waals surface area contributed by atoms with Gasteiger partial charge in [-0.1, -0.05) is 12.2 Å². The molecule has 0 saturated carbocycles. The molecule has 1 aromatic heterocycles. The maximum absolute atomic E-state index is 11.0. The van der Waals surface area contributed by atoms with Gasteiger partial charge < -0.3 is 16.0 Å². The predicted octanol–water partition coefficient (Wildman–Crippen LogP) is 0.496. The third-order valence-electron chi connectivity index (χ3n) is 1.95. The average molecular weight is 221 g/mol. The molecule has 1 heterocycles. The Hall–Kier alpha value is -2.04. The molecule has 5 nitrogen and oxygen atoms in total. The molecule has 0 radical (unpaired) electrons. The van der Waals surface area contributed by atoms with Crippen molar-refractivity contribution in [2.45, 2.75) is 13.3 Å². The molecular weight excluding hydrogens is 206 g/mol. The highest BCUT2D eigenvalue weighted by Gasteiger charge is 1.93.